The van der Waals surface area contributed by atoms with Gasteiger partial charge in [0, 0.05) is 30.7 Å². The highest BCUT2D eigenvalue weighted by molar-refractivity contribution is 5.94. The van der Waals surface area contributed by atoms with E-state index in [1.54, 1.807) is 10.7 Å². The Morgan fingerprint density at radius 1 is 1.35 bits per heavy atom. The second-order valence-corrected chi connectivity index (χ2v) is 4.82. The topological polar surface area (TPSA) is 60.0 Å². The van der Waals surface area contributed by atoms with Crippen molar-refractivity contribution in [3.05, 3.63) is 54.0 Å². The first kappa shape index (κ1) is 12.5. The summed E-state index contributed by atoms with van der Waals surface area (Å²) in [5.41, 5.74) is 2.38. The van der Waals surface area contributed by atoms with Crippen LogP contribution in [0.3, 0.4) is 0 Å². The number of aryl methyl sites for hydroxylation is 3. The van der Waals surface area contributed by atoms with Crippen molar-refractivity contribution in [2.45, 2.75) is 13.0 Å². The fourth-order valence-electron chi connectivity index (χ4n) is 2.47. The molecule has 0 amide bonds. The van der Waals surface area contributed by atoms with Crippen LogP contribution in [0.2, 0.25) is 0 Å². The Hall–Kier alpha value is -2.56. The fraction of sp³-hybridized carbons (Fsp3) is 0.200. The molecule has 2 aromatic heterocycles. The summed E-state index contributed by atoms with van der Waals surface area (Å²) in [6, 6.07) is 9.45. The Morgan fingerprint density at radius 2 is 2.15 bits per heavy atom. The maximum Gasteiger partial charge on any atom is 0.352 e. The molecule has 0 saturated heterocycles. The summed E-state index contributed by atoms with van der Waals surface area (Å²) in [5.74, 6) is -0.896. The van der Waals surface area contributed by atoms with Gasteiger partial charge >= 0.3 is 5.97 Å². The van der Waals surface area contributed by atoms with E-state index in [1.165, 1.54) is 0 Å². The van der Waals surface area contributed by atoms with Crippen LogP contribution >= 0.6 is 0 Å². The molecule has 0 unspecified atom stereocenters. The first-order chi connectivity index (χ1) is 9.65. The monoisotopic (exact) mass is 269 g/mol. The van der Waals surface area contributed by atoms with Gasteiger partial charge in [-0.1, -0.05) is 18.2 Å². The zero-order chi connectivity index (χ0) is 14.1. The molecule has 0 spiro atoms. The van der Waals surface area contributed by atoms with Gasteiger partial charge in [0.1, 0.15) is 5.69 Å². The van der Waals surface area contributed by atoms with Crippen LogP contribution in [0, 0.1) is 0 Å². The van der Waals surface area contributed by atoms with E-state index in [4.69, 9.17) is 0 Å². The van der Waals surface area contributed by atoms with E-state index in [0.717, 1.165) is 22.9 Å². The highest BCUT2D eigenvalue weighted by Crippen LogP contribution is 2.20. The van der Waals surface area contributed by atoms with Crippen LogP contribution in [-0.4, -0.2) is 25.4 Å². The van der Waals surface area contributed by atoms with E-state index < -0.39 is 5.97 Å². The number of carbonyl (C=O) groups is 1. The third-order valence-corrected chi connectivity index (χ3v) is 3.41. The van der Waals surface area contributed by atoms with Gasteiger partial charge in [0.05, 0.1) is 6.20 Å². The van der Waals surface area contributed by atoms with Crippen LogP contribution in [0.5, 0.6) is 0 Å². The van der Waals surface area contributed by atoms with Crippen LogP contribution in [0.15, 0.2) is 42.7 Å². The fourth-order valence-corrected chi connectivity index (χ4v) is 2.47. The van der Waals surface area contributed by atoms with Gasteiger partial charge in [-0.2, -0.15) is 5.10 Å². The number of nitrogens with zero attached hydrogens (tertiary/aromatic N) is 3. The molecule has 0 aliphatic heterocycles. The molecule has 1 aromatic carbocycles. The lowest BCUT2D eigenvalue weighted by atomic mass is 10.2. The van der Waals surface area contributed by atoms with Gasteiger partial charge in [0.15, 0.2) is 0 Å². The Morgan fingerprint density at radius 3 is 2.85 bits per heavy atom. The van der Waals surface area contributed by atoms with Crippen LogP contribution < -0.4 is 0 Å². The Bertz CT molecular complexity index is 770. The second kappa shape index (κ2) is 4.85. The molecule has 0 aliphatic carbocycles. The second-order valence-electron chi connectivity index (χ2n) is 4.82. The van der Waals surface area contributed by atoms with Gasteiger partial charge in [0.25, 0.3) is 0 Å². The molecule has 102 valence electrons. The molecule has 0 radical (unpaired) electrons. The standard InChI is InChI=1S/C15H15N3O2/c1-17-10-11(9-16-17)6-7-18-13-5-3-2-4-12(13)8-14(18)15(19)20/h2-5,8-10H,6-7H2,1H3,(H,19,20). The lowest BCUT2D eigenvalue weighted by Crippen LogP contribution is -2.09. The van der Waals surface area contributed by atoms with E-state index in [1.807, 2.05) is 48.3 Å². The minimum Gasteiger partial charge on any atom is -0.477 e. The maximum absolute atomic E-state index is 11.4. The molecular weight excluding hydrogens is 254 g/mol. The predicted molar refractivity (Wildman–Crippen MR) is 75.8 cm³/mol. The minimum absolute atomic E-state index is 0.329. The summed E-state index contributed by atoms with van der Waals surface area (Å²) in [5, 5.41) is 14.4. The number of fused-ring (bicyclic) bond motifs is 1. The first-order valence-electron chi connectivity index (χ1n) is 6.44. The molecule has 20 heavy (non-hydrogen) atoms. The number of hydrogen-bond donors (Lipinski definition) is 1. The summed E-state index contributed by atoms with van der Waals surface area (Å²) < 4.78 is 3.60. The number of benzene rings is 1. The van der Waals surface area contributed by atoms with Gasteiger partial charge in [-0.25, -0.2) is 4.79 Å². The molecule has 5 heteroatoms. The Kier molecular flexibility index (Phi) is 3.02. The Labute approximate surface area is 116 Å². The number of rotatable bonds is 4. The summed E-state index contributed by atoms with van der Waals surface area (Å²) >= 11 is 0. The van der Waals surface area contributed by atoms with Crippen LogP contribution in [0.4, 0.5) is 0 Å². The van der Waals surface area contributed by atoms with Crippen molar-refractivity contribution in [2.24, 2.45) is 7.05 Å². The van der Waals surface area contributed by atoms with Crippen LogP contribution in [-0.2, 0) is 20.0 Å². The largest absolute Gasteiger partial charge is 0.477 e. The highest BCUT2D eigenvalue weighted by Gasteiger charge is 2.14. The van der Waals surface area contributed by atoms with Gasteiger partial charge in [0.2, 0.25) is 0 Å². The number of aromatic nitrogens is 3. The van der Waals surface area contributed by atoms with Crippen molar-refractivity contribution in [1.29, 1.82) is 0 Å². The van der Waals surface area contributed by atoms with E-state index in [0.29, 0.717) is 12.2 Å². The van der Waals surface area contributed by atoms with Gasteiger partial charge in [-0.15, -0.1) is 0 Å². The number of carboxylic acid groups (broad SMARTS) is 1. The molecule has 5 nitrogen and oxygen atoms in total. The average Bonchev–Trinajstić information content (AvgIpc) is 3.00. The maximum atomic E-state index is 11.4. The van der Waals surface area contributed by atoms with E-state index >= 15 is 0 Å². The number of hydrogen-bond acceptors (Lipinski definition) is 2. The van der Waals surface area contributed by atoms with Gasteiger partial charge in [-0.05, 0) is 24.1 Å². The smallest absolute Gasteiger partial charge is 0.352 e. The Balaban J connectivity index is 1.96. The van der Waals surface area contributed by atoms with Crippen molar-refractivity contribution >= 4 is 16.9 Å². The van der Waals surface area contributed by atoms with Crippen molar-refractivity contribution in [1.82, 2.24) is 14.3 Å². The molecule has 0 fully saturated rings. The summed E-state index contributed by atoms with van der Waals surface area (Å²) in [4.78, 5) is 11.4. The average molecular weight is 269 g/mol. The van der Waals surface area contributed by atoms with Gasteiger partial charge in [-0.3, -0.25) is 4.68 Å². The SMILES string of the molecule is Cn1cc(CCn2c(C(=O)O)cc3ccccc32)cn1. The molecule has 3 rings (SSSR count). The molecule has 0 bridgehead atoms. The lowest BCUT2D eigenvalue weighted by Gasteiger charge is -2.07. The number of aromatic carboxylic acids is 1. The molecule has 0 aliphatic rings. The quantitative estimate of drug-likeness (QED) is 0.790. The van der Waals surface area contributed by atoms with Crippen molar-refractivity contribution < 1.29 is 9.90 Å². The zero-order valence-corrected chi connectivity index (χ0v) is 11.2. The predicted octanol–water partition coefficient (Wildman–Crippen LogP) is 2.32. The first-order valence-corrected chi connectivity index (χ1v) is 6.44. The summed E-state index contributed by atoms with van der Waals surface area (Å²) in [6.07, 6.45) is 4.52. The van der Waals surface area contributed by atoms with E-state index in [9.17, 15) is 9.90 Å². The third kappa shape index (κ3) is 2.18. The van der Waals surface area contributed by atoms with E-state index in [-0.39, 0.29) is 0 Å². The van der Waals surface area contributed by atoms with Crippen molar-refractivity contribution in [2.75, 3.05) is 0 Å². The number of para-hydroxylation sites is 1. The molecule has 0 atom stereocenters. The van der Waals surface area contributed by atoms with Crippen molar-refractivity contribution in [3.63, 3.8) is 0 Å². The zero-order valence-electron chi connectivity index (χ0n) is 11.2. The number of carboxylic acids is 1. The summed E-state index contributed by atoms with van der Waals surface area (Å²) in [6.45, 7) is 0.626. The summed E-state index contributed by atoms with van der Waals surface area (Å²) in [7, 11) is 1.87. The lowest BCUT2D eigenvalue weighted by molar-refractivity contribution is 0.0685. The van der Waals surface area contributed by atoms with Crippen molar-refractivity contribution in [3.8, 4) is 0 Å². The molecule has 0 saturated carbocycles. The molecule has 3 aromatic rings. The minimum atomic E-state index is -0.896. The third-order valence-electron chi connectivity index (χ3n) is 3.41. The molecule has 2 heterocycles. The molecular formula is C15H15N3O2. The van der Waals surface area contributed by atoms with E-state index in [2.05, 4.69) is 5.10 Å². The highest BCUT2D eigenvalue weighted by atomic mass is 16.4. The van der Waals surface area contributed by atoms with Crippen LogP contribution in [0.25, 0.3) is 10.9 Å². The van der Waals surface area contributed by atoms with Gasteiger partial charge < -0.3 is 9.67 Å². The van der Waals surface area contributed by atoms with Crippen LogP contribution in [0.1, 0.15) is 16.1 Å². The molecule has 1 N–H and O–H groups in total. The normalized spacial score (nSPS) is 11.1.